The fraction of sp³-hybridized carbons (Fsp3) is 0.136. The van der Waals surface area contributed by atoms with Crippen molar-refractivity contribution in [3.05, 3.63) is 88.3 Å². The number of halogens is 1. The smallest absolute Gasteiger partial charge is 0.277 e. The molecule has 1 aliphatic rings. The van der Waals surface area contributed by atoms with Crippen molar-refractivity contribution in [3.8, 4) is 0 Å². The van der Waals surface area contributed by atoms with Crippen LogP contribution >= 0.6 is 11.6 Å². The number of nitrogens with one attached hydrogen (secondary N) is 1. The summed E-state index contributed by atoms with van der Waals surface area (Å²) in [6.45, 7) is 3.21. The second-order valence-electron chi connectivity index (χ2n) is 6.74. The summed E-state index contributed by atoms with van der Waals surface area (Å²) >= 11 is 5.96. The fourth-order valence-electron chi connectivity index (χ4n) is 3.03. The van der Waals surface area contributed by atoms with Crippen molar-refractivity contribution in [3.63, 3.8) is 0 Å². The van der Waals surface area contributed by atoms with Gasteiger partial charge in [-0.15, -0.1) is 5.10 Å². The van der Waals surface area contributed by atoms with E-state index in [2.05, 4.69) is 10.4 Å². The van der Waals surface area contributed by atoms with E-state index in [1.165, 1.54) is 11.9 Å². The molecule has 1 aromatic heterocycles. The lowest BCUT2D eigenvalue weighted by molar-refractivity contribution is -0.135. The van der Waals surface area contributed by atoms with Crippen LogP contribution in [0.4, 0.5) is 5.69 Å². The summed E-state index contributed by atoms with van der Waals surface area (Å²) in [6.07, 6.45) is -0.772. The van der Waals surface area contributed by atoms with Crippen molar-refractivity contribution in [2.24, 2.45) is 5.10 Å². The minimum Gasteiger partial charge on any atom is -0.456 e. The molecule has 4 rings (SSSR count). The molecule has 0 unspecified atom stereocenters. The summed E-state index contributed by atoms with van der Waals surface area (Å²) < 4.78 is 11.5. The van der Waals surface area contributed by atoms with E-state index in [4.69, 9.17) is 20.8 Å². The van der Waals surface area contributed by atoms with E-state index >= 15 is 0 Å². The maximum atomic E-state index is 12.5. The van der Waals surface area contributed by atoms with Crippen LogP contribution in [0, 0.1) is 6.92 Å². The van der Waals surface area contributed by atoms with Crippen molar-refractivity contribution in [2.45, 2.75) is 20.1 Å². The number of ether oxygens (including phenoxy) is 1. The largest absolute Gasteiger partial charge is 0.456 e. The number of hydrazone groups is 1. The van der Waals surface area contributed by atoms with Crippen molar-refractivity contribution < 1.29 is 18.7 Å². The van der Waals surface area contributed by atoms with E-state index in [-0.39, 0.29) is 17.7 Å². The van der Waals surface area contributed by atoms with Crippen LogP contribution in [0.1, 0.15) is 40.6 Å². The topological polar surface area (TPSA) is 84.1 Å². The van der Waals surface area contributed by atoms with Crippen LogP contribution in [0.5, 0.6) is 0 Å². The van der Waals surface area contributed by atoms with Gasteiger partial charge in [0.15, 0.2) is 5.76 Å². The molecule has 2 amide bonds. The molecule has 0 radical (unpaired) electrons. The number of aryl methyl sites for hydroxylation is 1. The van der Waals surface area contributed by atoms with Crippen LogP contribution in [0.3, 0.4) is 0 Å². The lowest BCUT2D eigenvalue weighted by Crippen LogP contribution is -2.25. The molecular formula is C22H18ClN3O4. The molecule has 30 heavy (non-hydrogen) atoms. The Bertz CT molecular complexity index is 1150. The molecule has 7 nitrogen and oxygen atoms in total. The van der Waals surface area contributed by atoms with Gasteiger partial charge < -0.3 is 14.5 Å². The van der Waals surface area contributed by atoms with Crippen molar-refractivity contribution in [1.82, 2.24) is 5.01 Å². The SMILES string of the molecule is CC(=O)N1N=C(c2ccc(C)o2)O[C@H]1c1cccc(NC(=O)c2cccc(Cl)c2)c1. The molecule has 0 fully saturated rings. The van der Waals surface area contributed by atoms with Gasteiger partial charge in [-0.25, -0.2) is 0 Å². The Morgan fingerprint density at radius 1 is 1.10 bits per heavy atom. The number of hydrogen-bond acceptors (Lipinski definition) is 5. The molecule has 3 aromatic rings. The summed E-state index contributed by atoms with van der Waals surface area (Å²) in [5.41, 5.74) is 1.64. The lowest BCUT2D eigenvalue weighted by Gasteiger charge is -2.19. The van der Waals surface area contributed by atoms with Gasteiger partial charge in [-0.2, -0.15) is 5.01 Å². The predicted octanol–water partition coefficient (Wildman–Crippen LogP) is 4.73. The number of nitrogens with zero attached hydrogens (tertiary/aromatic N) is 2. The van der Waals surface area contributed by atoms with Gasteiger partial charge in [0, 0.05) is 28.8 Å². The summed E-state index contributed by atoms with van der Waals surface area (Å²) in [5.74, 6) is 0.781. The summed E-state index contributed by atoms with van der Waals surface area (Å²) in [7, 11) is 0. The van der Waals surface area contributed by atoms with E-state index in [1.54, 1.807) is 60.7 Å². The maximum Gasteiger partial charge on any atom is 0.277 e. The van der Waals surface area contributed by atoms with Gasteiger partial charge >= 0.3 is 0 Å². The van der Waals surface area contributed by atoms with Crippen LogP contribution in [-0.4, -0.2) is 22.7 Å². The number of hydrogen-bond donors (Lipinski definition) is 1. The number of carbonyl (C=O) groups is 2. The van der Waals surface area contributed by atoms with E-state index in [0.717, 1.165) is 0 Å². The molecular weight excluding hydrogens is 406 g/mol. The number of rotatable bonds is 4. The van der Waals surface area contributed by atoms with Crippen molar-refractivity contribution in [2.75, 3.05) is 5.32 Å². The third-order valence-electron chi connectivity index (χ3n) is 4.43. The molecule has 0 aliphatic carbocycles. The molecule has 152 valence electrons. The van der Waals surface area contributed by atoms with Crippen LogP contribution in [-0.2, 0) is 9.53 Å². The Morgan fingerprint density at radius 2 is 1.90 bits per heavy atom. The van der Waals surface area contributed by atoms with Crippen molar-refractivity contribution in [1.29, 1.82) is 0 Å². The summed E-state index contributed by atoms with van der Waals surface area (Å²) in [5, 5.41) is 8.81. The molecule has 1 atom stereocenters. The van der Waals surface area contributed by atoms with Crippen LogP contribution < -0.4 is 5.32 Å². The number of benzene rings is 2. The number of amides is 2. The number of anilines is 1. The zero-order chi connectivity index (χ0) is 21.3. The third kappa shape index (κ3) is 4.06. The second-order valence-corrected chi connectivity index (χ2v) is 7.18. The highest BCUT2D eigenvalue weighted by Gasteiger charge is 2.34. The Hall–Kier alpha value is -3.58. The molecule has 1 N–H and O–H groups in total. The number of carbonyl (C=O) groups excluding carboxylic acids is 2. The summed E-state index contributed by atoms with van der Waals surface area (Å²) in [4.78, 5) is 24.6. The normalized spacial score (nSPS) is 15.5. The monoisotopic (exact) mass is 423 g/mol. The Kier molecular flexibility index (Phi) is 5.29. The molecule has 1 aliphatic heterocycles. The maximum absolute atomic E-state index is 12.5. The first-order valence-corrected chi connectivity index (χ1v) is 9.57. The van der Waals surface area contributed by atoms with Crippen LogP contribution in [0.15, 0.2) is 70.2 Å². The van der Waals surface area contributed by atoms with E-state index in [1.807, 2.05) is 6.92 Å². The van der Waals surface area contributed by atoms with Gasteiger partial charge in [-0.3, -0.25) is 9.59 Å². The molecule has 8 heteroatoms. The predicted molar refractivity (Wildman–Crippen MR) is 112 cm³/mol. The zero-order valence-corrected chi connectivity index (χ0v) is 17.0. The Morgan fingerprint density at radius 3 is 2.60 bits per heavy atom. The quantitative estimate of drug-likeness (QED) is 0.657. The average Bonchev–Trinajstić information content (AvgIpc) is 3.35. The second kappa shape index (κ2) is 8.04. The highest BCUT2D eigenvalue weighted by Crippen LogP contribution is 2.32. The molecule has 2 aromatic carbocycles. The van der Waals surface area contributed by atoms with Crippen molar-refractivity contribution >= 4 is 35.0 Å². The standard InChI is InChI=1S/C22H18ClN3O4/c1-13-9-10-19(29-13)21-25-26(14(2)27)22(30-21)16-6-4-8-18(12-16)24-20(28)15-5-3-7-17(23)11-15/h3-12,22H,1-2H3,(H,24,28)/t22-/m0/s1. The van der Waals surface area contributed by atoms with Gasteiger partial charge in [-0.1, -0.05) is 29.8 Å². The number of furan rings is 1. The third-order valence-corrected chi connectivity index (χ3v) is 4.67. The average molecular weight is 424 g/mol. The van der Waals surface area contributed by atoms with Gasteiger partial charge in [0.25, 0.3) is 11.8 Å². The van der Waals surface area contributed by atoms with E-state index in [9.17, 15) is 9.59 Å². The molecule has 2 heterocycles. The minimum absolute atomic E-state index is 0.219. The van der Waals surface area contributed by atoms with Gasteiger partial charge in [0.1, 0.15) is 5.76 Å². The minimum atomic E-state index is -0.772. The highest BCUT2D eigenvalue weighted by atomic mass is 35.5. The Balaban J connectivity index is 1.57. The lowest BCUT2D eigenvalue weighted by atomic mass is 10.1. The first-order chi connectivity index (χ1) is 14.4. The first kappa shape index (κ1) is 19.7. The zero-order valence-electron chi connectivity index (χ0n) is 16.3. The van der Waals surface area contributed by atoms with E-state index in [0.29, 0.717) is 33.4 Å². The molecule has 0 saturated heterocycles. The molecule has 0 spiro atoms. The fourth-order valence-corrected chi connectivity index (χ4v) is 3.22. The van der Waals surface area contributed by atoms with Gasteiger partial charge in [0.05, 0.1) is 0 Å². The first-order valence-electron chi connectivity index (χ1n) is 9.19. The van der Waals surface area contributed by atoms with Crippen LogP contribution in [0.2, 0.25) is 5.02 Å². The summed E-state index contributed by atoms with van der Waals surface area (Å²) in [6, 6.07) is 17.2. The highest BCUT2D eigenvalue weighted by molar-refractivity contribution is 6.31. The van der Waals surface area contributed by atoms with E-state index < -0.39 is 6.23 Å². The van der Waals surface area contributed by atoms with Crippen LogP contribution in [0.25, 0.3) is 0 Å². The Labute approximate surface area is 177 Å². The van der Waals surface area contributed by atoms with Gasteiger partial charge in [0.2, 0.25) is 12.1 Å². The molecule has 0 saturated carbocycles. The van der Waals surface area contributed by atoms with Gasteiger partial charge in [-0.05, 0) is 49.4 Å². The molecule has 0 bridgehead atoms.